The van der Waals surface area contributed by atoms with E-state index in [0.717, 1.165) is 35.3 Å². The van der Waals surface area contributed by atoms with Crippen molar-refractivity contribution in [1.29, 1.82) is 0 Å². The molecule has 1 aliphatic rings. The first-order chi connectivity index (χ1) is 10.6. The third-order valence-electron chi connectivity index (χ3n) is 4.06. The Morgan fingerprint density at radius 2 is 2.32 bits per heavy atom. The van der Waals surface area contributed by atoms with Crippen molar-refractivity contribution in [2.24, 2.45) is 12.0 Å². The smallest absolute Gasteiger partial charge is 0.404 e. The Morgan fingerprint density at radius 1 is 1.50 bits per heavy atom. The molecule has 5 nitrogen and oxygen atoms in total. The summed E-state index contributed by atoms with van der Waals surface area (Å²) < 4.78 is 2.15. The van der Waals surface area contributed by atoms with Crippen molar-refractivity contribution in [3.8, 4) is 12.3 Å². The van der Waals surface area contributed by atoms with Crippen molar-refractivity contribution in [3.05, 3.63) is 35.0 Å². The standard InChI is InChI=1S/C17H17N3O2/c1-3-8-18-14-6-5-12-13-9-11(10-19-17(21)22)4-7-15(13)20(2)16(12)14/h1,4,7,9,19H,5-6,8,10H2,2H3,(H,21,22). The molecular weight excluding hydrogens is 278 g/mol. The van der Waals surface area contributed by atoms with Gasteiger partial charge in [0.2, 0.25) is 0 Å². The number of nitrogens with zero attached hydrogens (tertiary/aromatic N) is 2. The van der Waals surface area contributed by atoms with Crippen LogP contribution in [0.2, 0.25) is 0 Å². The van der Waals surface area contributed by atoms with Crippen LogP contribution in [0, 0.1) is 12.3 Å². The second kappa shape index (κ2) is 5.57. The predicted octanol–water partition coefficient (Wildman–Crippen LogP) is 2.31. The largest absolute Gasteiger partial charge is 0.465 e. The Balaban J connectivity index is 2.05. The molecule has 2 aromatic rings. The maximum atomic E-state index is 10.6. The summed E-state index contributed by atoms with van der Waals surface area (Å²) in [6.45, 7) is 0.719. The normalized spacial score (nSPS) is 15.0. The Kier molecular flexibility index (Phi) is 3.60. The fourth-order valence-electron chi connectivity index (χ4n) is 3.13. The Morgan fingerprint density at radius 3 is 3.05 bits per heavy atom. The van der Waals surface area contributed by atoms with E-state index in [4.69, 9.17) is 11.5 Å². The monoisotopic (exact) mass is 295 g/mol. The number of terminal acetylenes is 1. The third kappa shape index (κ3) is 2.33. The second-order valence-corrected chi connectivity index (χ2v) is 5.36. The van der Waals surface area contributed by atoms with E-state index in [2.05, 4.69) is 26.9 Å². The highest BCUT2D eigenvalue weighted by molar-refractivity contribution is 6.09. The Bertz CT molecular complexity index is 825. The first-order valence-electron chi connectivity index (χ1n) is 7.16. The number of amides is 1. The van der Waals surface area contributed by atoms with Crippen LogP contribution in [0.1, 0.15) is 23.2 Å². The van der Waals surface area contributed by atoms with Crippen LogP contribution in [0.4, 0.5) is 4.79 Å². The first-order valence-corrected chi connectivity index (χ1v) is 7.16. The molecule has 0 saturated heterocycles. The zero-order valence-corrected chi connectivity index (χ0v) is 12.4. The fourth-order valence-corrected chi connectivity index (χ4v) is 3.13. The van der Waals surface area contributed by atoms with Gasteiger partial charge in [-0.15, -0.1) is 6.42 Å². The molecule has 0 unspecified atom stereocenters. The lowest BCUT2D eigenvalue weighted by molar-refractivity contribution is 0.194. The van der Waals surface area contributed by atoms with Gasteiger partial charge in [0.05, 0.1) is 18.0 Å². The molecule has 1 aromatic carbocycles. The van der Waals surface area contributed by atoms with Crippen molar-refractivity contribution in [2.75, 3.05) is 6.54 Å². The number of rotatable bonds is 3. The molecule has 2 N–H and O–H groups in total. The van der Waals surface area contributed by atoms with Gasteiger partial charge in [0.15, 0.2) is 0 Å². The van der Waals surface area contributed by atoms with Gasteiger partial charge >= 0.3 is 6.09 Å². The average Bonchev–Trinajstić information content (AvgIpc) is 3.04. The van der Waals surface area contributed by atoms with E-state index in [1.165, 1.54) is 10.9 Å². The number of carboxylic acid groups (broad SMARTS) is 1. The number of hydrogen-bond acceptors (Lipinski definition) is 2. The molecule has 0 saturated carbocycles. The van der Waals surface area contributed by atoms with Crippen molar-refractivity contribution in [1.82, 2.24) is 9.88 Å². The fraction of sp³-hybridized carbons (Fsp3) is 0.294. The highest BCUT2D eigenvalue weighted by Gasteiger charge is 2.25. The molecule has 1 aromatic heterocycles. The number of hydrogen-bond donors (Lipinski definition) is 2. The van der Waals surface area contributed by atoms with Crippen LogP contribution in [-0.2, 0) is 20.0 Å². The van der Waals surface area contributed by atoms with Gasteiger partial charge in [-0.1, -0.05) is 12.0 Å². The number of benzene rings is 1. The lowest BCUT2D eigenvalue weighted by Crippen LogP contribution is -2.19. The maximum Gasteiger partial charge on any atom is 0.404 e. The topological polar surface area (TPSA) is 66.6 Å². The number of aromatic nitrogens is 1. The van der Waals surface area contributed by atoms with Crippen molar-refractivity contribution < 1.29 is 9.90 Å². The summed E-state index contributed by atoms with van der Waals surface area (Å²) in [5.41, 5.74) is 5.60. The molecule has 0 radical (unpaired) electrons. The van der Waals surface area contributed by atoms with E-state index in [0.29, 0.717) is 13.1 Å². The average molecular weight is 295 g/mol. The van der Waals surface area contributed by atoms with E-state index in [1.54, 1.807) is 0 Å². The molecule has 1 heterocycles. The van der Waals surface area contributed by atoms with Gasteiger partial charge in [0.1, 0.15) is 0 Å². The van der Waals surface area contributed by atoms with Gasteiger partial charge in [-0.3, -0.25) is 4.99 Å². The number of aryl methyl sites for hydroxylation is 2. The predicted molar refractivity (Wildman–Crippen MR) is 86.3 cm³/mol. The minimum absolute atomic E-state index is 0.312. The number of fused-ring (bicyclic) bond motifs is 3. The molecule has 0 spiro atoms. The number of carbonyl (C=O) groups is 1. The molecule has 0 aliphatic heterocycles. The quantitative estimate of drug-likeness (QED) is 0.853. The minimum atomic E-state index is -1.01. The molecule has 0 bridgehead atoms. The van der Waals surface area contributed by atoms with Gasteiger partial charge in [-0.2, -0.15) is 0 Å². The van der Waals surface area contributed by atoms with E-state index in [-0.39, 0.29) is 0 Å². The van der Waals surface area contributed by atoms with Gasteiger partial charge in [0, 0.05) is 24.5 Å². The summed E-state index contributed by atoms with van der Waals surface area (Å²) >= 11 is 0. The summed E-state index contributed by atoms with van der Waals surface area (Å²) in [4.78, 5) is 15.1. The number of nitrogens with one attached hydrogen (secondary N) is 1. The molecule has 5 heteroatoms. The second-order valence-electron chi connectivity index (χ2n) is 5.36. The van der Waals surface area contributed by atoms with Gasteiger partial charge < -0.3 is 15.0 Å². The van der Waals surface area contributed by atoms with Crippen molar-refractivity contribution >= 4 is 22.7 Å². The van der Waals surface area contributed by atoms with Gasteiger partial charge in [0.25, 0.3) is 0 Å². The SMILES string of the molecule is C#CCN=C1CCc2c1n(C)c1ccc(CNC(=O)O)cc21. The molecule has 22 heavy (non-hydrogen) atoms. The van der Waals surface area contributed by atoms with Crippen LogP contribution in [0.5, 0.6) is 0 Å². The van der Waals surface area contributed by atoms with Crippen LogP contribution in [0.25, 0.3) is 10.9 Å². The Hall–Kier alpha value is -2.74. The third-order valence-corrected chi connectivity index (χ3v) is 4.06. The van der Waals surface area contributed by atoms with Crippen LogP contribution in [0.15, 0.2) is 23.2 Å². The van der Waals surface area contributed by atoms with Gasteiger partial charge in [-0.25, -0.2) is 4.79 Å². The molecule has 1 aliphatic carbocycles. The molecule has 0 fully saturated rings. The van der Waals surface area contributed by atoms with Crippen LogP contribution >= 0.6 is 0 Å². The zero-order chi connectivity index (χ0) is 15.7. The van der Waals surface area contributed by atoms with E-state index in [1.807, 2.05) is 19.2 Å². The van der Waals surface area contributed by atoms with Gasteiger partial charge in [-0.05, 0) is 36.1 Å². The first kappa shape index (κ1) is 14.2. The summed E-state index contributed by atoms with van der Waals surface area (Å²) in [5.74, 6) is 2.55. The van der Waals surface area contributed by atoms with Crippen LogP contribution in [0.3, 0.4) is 0 Å². The molecule has 3 rings (SSSR count). The summed E-state index contributed by atoms with van der Waals surface area (Å²) in [7, 11) is 2.03. The maximum absolute atomic E-state index is 10.6. The summed E-state index contributed by atoms with van der Waals surface area (Å²) in [6, 6.07) is 6.05. The molecule has 112 valence electrons. The number of aliphatic imine (C=N–C) groups is 1. The summed E-state index contributed by atoms with van der Waals surface area (Å²) in [6.07, 6.45) is 6.15. The van der Waals surface area contributed by atoms with E-state index in [9.17, 15) is 4.79 Å². The lowest BCUT2D eigenvalue weighted by atomic mass is 10.1. The highest BCUT2D eigenvalue weighted by Crippen LogP contribution is 2.33. The van der Waals surface area contributed by atoms with E-state index < -0.39 is 6.09 Å². The lowest BCUT2D eigenvalue weighted by Gasteiger charge is -2.05. The zero-order valence-electron chi connectivity index (χ0n) is 12.4. The summed E-state index contributed by atoms with van der Waals surface area (Å²) in [5, 5.41) is 12.3. The molecular formula is C17H17N3O2. The highest BCUT2D eigenvalue weighted by atomic mass is 16.4. The van der Waals surface area contributed by atoms with Crippen LogP contribution in [-0.4, -0.2) is 28.0 Å². The van der Waals surface area contributed by atoms with E-state index >= 15 is 0 Å². The van der Waals surface area contributed by atoms with Crippen molar-refractivity contribution in [3.63, 3.8) is 0 Å². The minimum Gasteiger partial charge on any atom is -0.465 e. The van der Waals surface area contributed by atoms with Crippen molar-refractivity contribution in [2.45, 2.75) is 19.4 Å². The molecule has 1 amide bonds. The Labute approximate surface area is 128 Å². The molecule has 0 atom stereocenters. The van der Waals surface area contributed by atoms with Crippen LogP contribution < -0.4 is 5.32 Å².